The van der Waals surface area contributed by atoms with Gasteiger partial charge < -0.3 is 9.80 Å². The lowest BCUT2D eigenvalue weighted by molar-refractivity contribution is -0.129. The van der Waals surface area contributed by atoms with Gasteiger partial charge in [0.1, 0.15) is 11.6 Å². The van der Waals surface area contributed by atoms with Gasteiger partial charge in [0.2, 0.25) is 5.91 Å². The van der Waals surface area contributed by atoms with E-state index in [1.807, 2.05) is 64.3 Å². The van der Waals surface area contributed by atoms with Gasteiger partial charge in [-0.3, -0.25) is 4.79 Å². The van der Waals surface area contributed by atoms with Crippen LogP contribution in [-0.4, -0.2) is 56.7 Å². The summed E-state index contributed by atoms with van der Waals surface area (Å²) in [4.78, 5) is 25.7. The first-order valence-electron chi connectivity index (χ1n) is 10.5. The minimum atomic E-state index is 0.120. The van der Waals surface area contributed by atoms with Crippen LogP contribution < -0.4 is 4.90 Å². The molecule has 2 aromatic heterocycles. The molecule has 1 amide bonds. The number of aromatic nitrogens is 4. The van der Waals surface area contributed by atoms with Crippen LogP contribution in [0, 0.1) is 0 Å². The lowest BCUT2D eigenvalue weighted by Crippen LogP contribution is -2.48. The number of amides is 1. The summed E-state index contributed by atoms with van der Waals surface area (Å²) in [6, 6.07) is 20.3. The Morgan fingerprint density at radius 3 is 2.26 bits per heavy atom. The first-order valence-corrected chi connectivity index (χ1v) is 10.5. The summed E-state index contributed by atoms with van der Waals surface area (Å²) >= 11 is 0. The van der Waals surface area contributed by atoms with E-state index in [9.17, 15) is 4.79 Å². The van der Waals surface area contributed by atoms with Gasteiger partial charge in [0, 0.05) is 39.5 Å². The van der Waals surface area contributed by atoms with Crippen molar-refractivity contribution in [3.63, 3.8) is 0 Å². The summed E-state index contributed by atoms with van der Waals surface area (Å²) in [6.45, 7) is 4.50. The van der Waals surface area contributed by atoms with Crippen molar-refractivity contribution in [2.75, 3.05) is 31.1 Å². The summed E-state index contributed by atoms with van der Waals surface area (Å²) in [6.07, 6.45) is 2.50. The van der Waals surface area contributed by atoms with Gasteiger partial charge in [-0.1, -0.05) is 48.5 Å². The molecule has 0 unspecified atom stereocenters. The highest BCUT2D eigenvalue weighted by molar-refractivity contribution is 5.88. The number of fused-ring (bicyclic) bond motifs is 1. The topological polar surface area (TPSA) is 67.2 Å². The van der Waals surface area contributed by atoms with Crippen LogP contribution >= 0.6 is 0 Å². The van der Waals surface area contributed by atoms with Gasteiger partial charge in [0.25, 0.3) is 0 Å². The van der Waals surface area contributed by atoms with E-state index in [4.69, 9.17) is 9.97 Å². The predicted molar refractivity (Wildman–Crippen MR) is 120 cm³/mol. The monoisotopic (exact) mass is 412 g/mol. The van der Waals surface area contributed by atoms with E-state index in [0.717, 1.165) is 41.5 Å². The van der Waals surface area contributed by atoms with Gasteiger partial charge in [0.15, 0.2) is 5.65 Å². The Morgan fingerprint density at radius 1 is 0.903 bits per heavy atom. The van der Waals surface area contributed by atoms with Crippen molar-refractivity contribution in [3.05, 3.63) is 78.2 Å². The number of hydrogen-bond donors (Lipinski definition) is 0. The summed E-state index contributed by atoms with van der Waals surface area (Å²) < 4.78 is 1.88. The van der Waals surface area contributed by atoms with Crippen LogP contribution in [0.5, 0.6) is 0 Å². The average molecular weight is 412 g/mol. The molecule has 4 aromatic rings. The van der Waals surface area contributed by atoms with Crippen LogP contribution in [0.15, 0.2) is 66.9 Å². The molecular weight excluding hydrogens is 388 g/mol. The molecule has 3 heterocycles. The van der Waals surface area contributed by atoms with Crippen molar-refractivity contribution in [1.82, 2.24) is 24.6 Å². The fourth-order valence-electron chi connectivity index (χ4n) is 4.03. The van der Waals surface area contributed by atoms with E-state index in [1.165, 1.54) is 5.56 Å². The highest BCUT2D eigenvalue weighted by Gasteiger charge is 2.23. The Balaban J connectivity index is 1.58. The van der Waals surface area contributed by atoms with Crippen LogP contribution in [0.4, 0.5) is 5.82 Å². The lowest BCUT2D eigenvalue weighted by atomic mass is 10.1. The molecule has 2 aromatic carbocycles. The zero-order chi connectivity index (χ0) is 21.2. The summed E-state index contributed by atoms with van der Waals surface area (Å²) in [7, 11) is 0. The van der Waals surface area contributed by atoms with Gasteiger partial charge >= 0.3 is 0 Å². The molecule has 7 nitrogen and oxygen atoms in total. The molecule has 5 rings (SSSR count). The number of benzene rings is 2. The lowest BCUT2D eigenvalue weighted by Gasteiger charge is -2.35. The van der Waals surface area contributed by atoms with Crippen molar-refractivity contribution in [2.45, 2.75) is 13.3 Å². The molecule has 7 heteroatoms. The summed E-state index contributed by atoms with van der Waals surface area (Å²) in [5.41, 5.74) is 2.94. The fourth-order valence-corrected chi connectivity index (χ4v) is 4.03. The van der Waals surface area contributed by atoms with E-state index < -0.39 is 0 Å². The molecule has 1 saturated heterocycles. The Bertz CT molecular complexity index is 1200. The molecule has 1 fully saturated rings. The molecule has 0 aliphatic carbocycles. The first kappa shape index (κ1) is 19.2. The third-order valence-corrected chi connectivity index (χ3v) is 5.69. The van der Waals surface area contributed by atoms with E-state index in [0.29, 0.717) is 19.5 Å². The Morgan fingerprint density at radius 2 is 1.58 bits per heavy atom. The zero-order valence-electron chi connectivity index (χ0n) is 17.5. The molecule has 1 aliphatic rings. The van der Waals surface area contributed by atoms with Crippen LogP contribution in [-0.2, 0) is 11.2 Å². The number of rotatable bonds is 4. The largest absolute Gasteiger partial charge is 0.352 e. The number of nitrogens with zero attached hydrogens (tertiary/aromatic N) is 6. The van der Waals surface area contributed by atoms with E-state index >= 15 is 0 Å². The van der Waals surface area contributed by atoms with Crippen molar-refractivity contribution in [1.29, 1.82) is 0 Å². The van der Waals surface area contributed by atoms with Gasteiger partial charge in [-0.25, -0.2) is 14.6 Å². The van der Waals surface area contributed by atoms with Crippen molar-refractivity contribution >= 4 is 22.8 Å². The molecule has 0 bridgehead atoms. The van der Waals surface area contributed by atoms with Crippen LogP contribution in [0.3, 0.4) is 0 Å². The Labute approximate surface area is 181 Å². The van der Waals surface area contributed by atoms with Gasteiger partial charge in [-0.15, -0.1) is 0 Å². The number of carbonyl (C=O) groups excluding carboxylic acids is 1. The second kappa shape index (κ2) is 8.18. The van der Waals surface area contributed by atoms with Crippen molar-refractivity contribution < 1.29 is 4.79 Å². The standard InChI is InChI=1S/C24H24N6O/c1-18(31)28-12-14-29(15-13-28)23-21-17-25-30(20-10-6-3-7-11-20)24(21)27-22(26-23)16-19-8-4-2-5-9-19/h2-11,17H,12-16H2,1H3. The van der Waals surface area contributed by atoms with Gasteiger partial charge in [-0.2, -0.15) is 5.10 Å². The highest BCUT2D eigenvalue weighted by Crippen LogP contribution is 2.27. The smallest absolute Gasteiger partial charge is 0.219 e. The van der Waals surface area contributed by atoms with Crippen LogP contribution in [0.2, 0.25) is 0 Å². The summed E-state index contributed by atoms with van der Waals surface area (Å²) in [5, 5.41) is 5.56. The molecule has 0 radical (unpaired) electrons. The second-order valence-corrected chi connectivity index (χ2v) is 7.75. The predicted octanol–water partition coefficient (Wildman–Crippen LogP) is 3.07. The molecule has 1 aliphatic heterocycles. The van der Waals surface area contributed by atoms with E-state index in [2.05, 4.69) is 22.1 Å². The molecule has 0 atom stereocenters. The molecule has 31 heavy (non-hydrogen) atoms. The number of piperazine rings is 1. The van der Waals surface area contributed by atoms with Crippen LogP contribution in [0.1, 0.15) is 18.3 Å². The van der Waals surface area contributed by atoms with E-state index in [-0.39, 0.29) is 5.91 Å². The maximum atomic E-state index is 11.7. The third kappa shape index (κ3) is 3.86. The fraction of sp³-hybridized carbons (Fsp3) is 0.250. The van der Waals surface area contributed by atoms with Crippen molar-refractivity contribution in [3.8, 4) is 5.69 Å². The quantitative estimate of drug-likeness (QED) is 0.515. The molecule has 0 saturated carbocycles. The molecule has 0 spiro atoms. The first-order chi connectivity index (χ1) is 15.2. The van der Waals surface area contributed by atoms with Gasteiger partial charge in [-0.05, 0) is 17.7 Å². The normalized spacial score (nSPS) is 14.2. The Hall–Kier alpha value is -3.74. The second-order valence-electron chi connectivity index (χ2n) is 7.75. The van der Waals surface area contributed by atoms with E-state index in [1.54, 1.807) is 6.92 Å². The minimum absolute atomic E-state index is 0.120. The zero-order valence-corrected chi connectivity index (χ0v) is 17.5. The van der Waals surface area contributed by atoms with Gasteiger partial charge in [0.05, 0.1) is 17.3 Å². The maximum Gasteiger partial charge on any atom is 0.219 e. The number of hydrogen-bond acceptors (Lipinski definition) is 5. The molecule has 0 N–H and O–H groups in total. The summed E-state index contributed by atoms with van der Waals surface area (Å²) in [5.74, 6) is 1.77. The maximum absolute atomic E-state index is 11.7. The van der Waals surface area contributed by atoms with Crippen molar-refractivity contribution in [2.24, 2.45) is 0 Å². The number of para-hydroxylation sites is 1. The molecular formula is C24H24N6O. The third-order valence-electron chi connectivity index (χ3n) is 5.69. The number of carbonyl (C=O) groups is 1. The highest BCUT2D eigenvalue weighted by atomic mass is 16.2. The number of anilines is 1. The van der Waals surface area contributed by atoms with Crippen LogP contribution in [0.25, 0.3) is 16.7 Å². The average Bonchev–Trinajstić information content (AvgIpc) is 3.24. The minimum Gasteiger partial charge on any atom is -0.352 e. The SMILES string of the molecule is CC(=O)N1CCN(c2nc(Cc3ccccc3)nc3c2cnn3-c2ccccc2)CC1. The Kier molecular flexibility index (Phi) is 5.08. The molecule has 156 valence electrons.